The molecule has 3 atom stereocenters. The Labute approximate surface area is 279 Å². The van der Waals surface area contributed by atoms with Crippen LogP contribution in [-0.4, -0.2) is 47.6 Å². The van der Waals surface area contributed by atoms with Gasteiger partial charge in [-0.1, -0.05) is 133 Å². The van der Waals surface area contributed by atoms with Crippen LogP contribution in [0.5, 0.6) is 5.75 Å². The Bertz CT molecular complexity index is 1280. The van der Waals surface area contributed by atoms with E-state index in [9.17, 15) is 0 Å². The number of hydrogen-bond acceptors (Lipinski definition) is 5. The molecule has 1 aliphatic heterocycles. The summed E-state index contributed by atoms with van der Waals surface area (Å²) < 4.78 is 31.3. The van der Waals surface area contributed by atoms with Gasteiger partial charge in [-0.15, -0.1) is 0 Å². The summed E-state index contributed by atoms with van der Waals surface area (Å²) in [4.78, 5) is 0. The van der Waals surface area contributed by atoms with Crippen molar-refractivity contribution in [2.75, 3.05) is 26.9 Å². The van der Waals surface area contributed by atoms with Crippen molar-refractivity contribution in [3.63, 3.8) is 0 Å². The molecule has 0 amide bonds. The van der Waals surface area contributed by atoms with Crippen molar-refractivity contribution in [2.24, 2.45) is 17.3 Å². The highest BCUT2D eigenvalue weighted by Gasteiger charge is 2.49. The minimum atomic E-state index is -2.55. The van der Waals surface area contributed by atoms with Crippen LogP contribution in [0.1, 0.15) is 66.9 Å². The molecule has 250 valence electrons. The van der Waals surface area contributed by atoms with Gasteiger partial charge in [0.1, 0.15) is 5.75 Å². The van der Waals surface area contributed by atoms with E-state index in [1.807, 2.05) is 12.1 Å². The van der Waals surface area contributed by atoms with Crippen LogP contribution in [0.3, 0.4) is 0 Å². The van der Waals surface area contributed by atoms with Crippen LogP contribution in [0, 0.1) is 17.3 Å². The van der Waals surface area contributed by atoms with Crippen molar-refractivity contribution in [1.82, 2.24) is 0 Å². The van der Waals surface area contributed by atoms with Gasteiger partial charge in [0.05, 0.1) is 33.0 Å². The maximum Gasteiger partial charge on any atom is 0.261 e. The fourth-order valence-corrected chi connectivity index (χ4v) is 11.1. The first kappa shape index (κ1) is 36.1. The van der Waals surface area contributed by atoms with E-state index in [1.54, 1.807) is 7.11 Å². The molecule has 1 aliphatic rings. The van der Waals surface area contributed by atoms with Crippen molar-refractivity contribution >= 4 is 18.7 Å². The van der Waals surface area contributed by atoms with Gasteiger partial charge in [0.25, 0.3) is 8.32 Å². The summed E-state index contributed by atoms with van der Waals surface area (Å²) in [7, 11) is -0.866. The largest absolute Gasteiger partial charge is 0.497 e. The Balaban J connectivity index is 1.45. The van der Waals surface area contributed by atoms with Crippen molar-refractivity contribution in [1.29, 1.82) is 0 Å². The molecule has 3 aromatic carbocycles. The Morgan fingerprint density at radius 3 is 1.96 bits per heavy atom. The Kier molecular flexibility index (Phi) is 12.9. The van der Waals surface area contributed by atoms with E-state index in [1.165, 1.54) is 10.4 Å². The van der Waals surface area contributed by atoms with Gasteiger partial charge in [0.15, 0.2) is 6.29 Å². The van der Waals surface area contributed by atoms with E-state index in [-0.39, 0.29) is 34.7 Å². The molecule has 4 rings (SSSR count). The van der Waals surface area contributed by atoms with Crippen LogP contribution >= 0.6 is 0 Å². The molecule has 1 saturated heterocycles. The Morgan fingerprint density at radius 2 is 1.43 bits per heavy atom. The van der Waals surface area contributed by atoms with Crippen LogP contribution in [0.4, 0.5) is 0 Å². The third kappa shape index (κ3) is 9.42. The number of rotatable bonds is 15. The van der Waals surface area contributed by atoms with Crippen molar-refractivity contribution < 1.29 is 23.4 Å². The molecular formula is C40H56O5Si. The fourth-order valence-electron chi connectivity index (χ4n) is 6.51. The summed E-state index contributed by atoms with van der Waals surface area (Å²) in [5, 5.41) is 2.57. The van der Waals surface area contributed by atoms with Crippen molar-refractivity contribution in [3.05, 3.63) is 103 Å². The number of methoxy groups -OCH3 is 1. The second-order valence-electron chi connectivity index (χ2n) is 14.6. The van der Waals surface area contributed by atoms with Gasteiger partial charge in [-0.3, -0.25) is 0 Å². The van der Waals surface area contributed by atoms with Crippen LogP contribution in [0.15, 0.2) is 97.1 Å². The summed E-state index contributed by atoms with van der Waals surface area (Å²) in [6.45, 7) is 18.4. The first-order chi connectivity index (χ1) is 21.9. The molecule has 6 heteroatoms. The highest BCUT2D eigenvalue weighted by atomic mass is 28.4. The van der Waals surface area contributed by atoms with Crippen LogP contribution in [0.25, 0.3) is 0 Å². The molecule has 1 heterocycles. The molecule has 5 nitrogen and oxygen atoms in total. The number of ether oxygens (including phenoxy) is 4. The molecule has 0 saturated carbocycles. The normalized spacial score (nSPS) is 17.9. The highest BCUT2D eigenvalue weighted by Crippen LogP contribution is 2.37. The van der Waals surface area contributed by atoms with E-state index in [2.05, 4.69) is 133 Å². The average Bonchev–Trinajstić information content (AvgIpc) is 3.04. The summed E-state index contributed by atoms with van der Waals surface area (Å²) in [6.07, 6.45) is 5.99. The minimum absolute atomic E-state index is 0.00177. The average molecular weight is 645 g/mol. The van der Waals surface area contributed by atoms with E-state index in [4.69, 9.17) is 23.4 Å². The smallest absolute Gasteiger partial charge is 0.261 e. The summed E-state index contributed by atoms with van der Waals surface area (Å²) in [6, 6.07) is 29.8. The predicted octanol–water partition coefficient (Wildman–Crippen LogP) is 8.16. The molecule has 0 aromatic heterocycles. The molecular weight excluding hydrogens is 589 g/mol. The van der Waals surface area contributed by atoms with E-state index < -0.39 is 8.32 Å². The second-order valence-corrected chi connectivity index (χ2v) is 18.9. The summed E-state index contributed by atoms with van der Waals surface area (Å²) >= 11 is 0. The molecule has 0 N–H and O–H groups in total. The second kappa shape index (κ2) is 16.4. The molecule has 46 heavy (non-hydrogen) atoms. The topological polar surface area (TPSA) is 46.2 Å². The zero-order valence-corrected chi connectivity index (χ0v) is 30.3. The first-order valence-corrected chi connectivity index (χ1v) is 18.8. The quantitative estimate of drug-likeness (QED) is 0.0949. The number of hydrogen-bond donors (Lipinski definition) is 0. The van der Waals surface area contributed by atoms with Crippen LogP contribution < -0.4 is 15.1 Å². The van der Waals surface area contributed by atoms with Gasteiger partial charge < -0.3 is 23.4 Å². The van der Waals surface area contributed by atoms with Gasteiger partial charge in [0, 0.05) is 24.4 Å². The molecule has 0 aliphatic carbocycles. The summed E-state index contributed by atoms with van der Waals surface area (Å²) in [5.41, 5.74) is 1.18. The molecule has 0 radical (unpaired) electrons. The first-order valence-electron chi connectivity index (χ1n) is 16.8. The minimum Gasteiger partial charge on any atom is -0.497 e. The van der Waals surface area contributed by atoms with Gasteiger partial charge in [-0.05, 0) is 45.4 Å². The van der Waals surface area contributed by atoms with E-state index in [0.717, 1.165) is 24.2 Å². The number of benzene rings is 3. The molecule has 3 aromatic rings. The fraction of sp³-hybridized carbons (Fsp3) is 0.500. The van der Waals surface area contributed by atoms with E-state index in [0.29, 0.717) is 26.4 Å². The van der Waals surface area contributed by atoms with Crippen LogP contribution in [0.2, 0.25) is 5.04 Å². The molecule has 1 fully saturated rings. The van der Waals surface area contributed by atoms with Crippen molar-refractivity contribution in [2.45, 2.75) is 85.3 Å². The monoisotopic (exact) mass is 644 g/mol. The van der Waals surface area contributed by atoms with Gasteiger partial charge in [-0.25, -0.2) is 0 Å². The lowest BCUT2D eigenvalue weighted by molar-refractivity contribution is -0.231. The van der Waals surface area contributed by atoms with Crippen molar-refractivity contribution in [3.8, 4) is 5.75 Å². The maximum absolute atomic E-state index is 7.11. The zero-order chi connectivity index (χ0) is 33.2. The lowest BCUT2D eigenvalue weighted by atomic mass is 9.89. The lowest BCUT2D eigenvalue weighted by Gasteiger charge is -2.43. The zero-order valence-electron chi connectivity index (χ0n) is 29.3. The standard InChI is InChI=1S/C40H56O5Si/c1-31(17-15-16-26-45-46(39(3,4)5,35-18-11-9-12-19-35)36-20-13-10-14-21-36)38(42-28-33-22-24-34(41-8)25-23-33)32(2)27-37-43-29-40(6,7)30-44-37/h9-15,17-25,31-32,37-38H,16,26-30H2,1-8H3/b17-15+/t31-,32+,38-/m0/s1. The molecule has 0 spiro atoms. The van der Waals surface area contributed by atoms with Crippen LogP contribution in [-0.2, 0) is 25.2 Å². The van der Waals surface area contributed by atoms with E-state index >= 15 is 0 Å². The summed E-state index contributed by atoms with van der Waals surface area (Å²) in [5.74, 6) is 1.28. The lowest BCUT2D eigenvalue weighted by Crippen LogP contribution is -2.66. The van der Waals surface area contributed by atoms with Gasteiger partial charge in [0.2, 0.25) is 0 Å². The third-order valence-electron chi connectivity index (χ3n) is 9.02. The SMILES string of the molecule is COc1ccc(CO[C@H]([C@H](C)CC2OCC(C)(C)CO2)[C@@H](C)/C=C/CCO[Si](c2ccccc2)(c2ccccc2)C(C)(C)C)cc1. The molecule has 0 bridgehead atoms. The molecule has 0 unspecified atom stereocenters. The predicted molar refractivity (Wildman–Crippen MR) is 191 cm³/mol. The Hall–Kier alpha value is -2.74. The third-order valence-corrected chi connectivity index (χ3v) is 14.1. The van der Waals surface area contributed by atoms with Gasteiger partial charge >= 0.3 is 0 Å². The maximum atomic E-state index is 7.11. The Morgan fingerprint density at radius 1 is 0.870 bits per heavy atom. The van der Waals surface area contributed by atoms with Gasteiger partial charge in [-0.2, -0.15) is 0 Å². The highest BCUT2D eigenvalue weighted by molar-refractivity contribution is 6.99.